The van der Waals surface area contributed by atoms with Crippen LogP contribution in [0.4, 0.5) is 0 Å². The second-order valence-electron chi connectivity index (χ2n) is 30.6. The van der Waals surface area contributed by atoms with Crippen molar-refractivity contribution in [2.45, 2.75) is 150 Å². The molecule has 4 aliphatic carbocycles. The van der Waals surface area contributed by atoms with Crippen LogP contribution in [-0.4, -0.2) is 354 Å². The minimum Gasteiger partial charge on any atom is -0.379 e. The first-order valence-corrected chi connectivity index (χ1v) is 47.6. The van der Waals surface area contributed by atoms with Crippen LogP contribution in [0.1, 0.15) is 144 Å². The number of amides is 1. The van der Waals surface area contributed by atoms with E-state index in [-0.39, 0.29) is 5.91 Å². The molecule has 4 rings (SSSR count). The number of unbranched alkanes of at least 4 members (excludes halogenated alkanes) is 4. The summed E-state index contributed by atoms with van der Waals surface area (Å²) in [6, 6.07) is 0. The van der Waals surface area contributed by atoms with Crippen LogP contribution < -0.4 is 5.32 Å². The molecule has 0 aliphatic heterocycles. The van der Waals surface area contributed by atoms with Gasteiger partial charge in [0.15, 0.2) is 0 Å². The molecule has 0 aromatic heterocycles. The number of ether oxygens (including phenoxy) is 25. The van der Waals surface area contributed by atoms with E-state index in [1.54, 1.807) is 5.57 Å². The van der Waals surface area contributed by atoms with Gasteiger partial charge in [-0.25, -0.2) is 0 Å². The highest BCUT2D eigenvalue weighted by molar-refractivity contribution is 8.92. The quantitative estimate of drug-likeness (QED) is 0.0168. The fourth-order valence-corrected chi connectivity index (χ4v) is 16.7. The molecule has 8 atom stereocenters. The van der Waals surface area contributed by atoms with Crippen molar-refractivity contribution in [3.05, 3.63) is 11.6 Å². The lowest BCUT2D eigenvalue weighted by molar-refractivity contribution is -0.122. The van der Waals surface area contributed by atoms with E-state index in [0.717, 1.165) is 72.6 Å². The monoisotopic (exact) mass is 1730 g/mol. The maximum Gasteiger partial charge on any atom is 0.246 e. The normalized spacial score (nSPS) is 20.9. The largest absolute Gasteiger partial charge is 0.379 e. The Labute approximate surface area is 708 Å². The second kappa shape index (κ2) is 76.7. The topological polar surface area (TPSA) is 289 Å². The average Bonchev–Trinajstić information content (AvgIpc) is 1.35. The van der Waals surface area contributed by atoms with E-state index >= 15 is 0 Å². The molecule has 1 amide bonds. The van der Waals surface area contributed by atoms with Crippen molar-refractivity contribution in [2.75, 3.05) is 337 Å². The molecule has 686 valence electrons. The summed E-state index contributed by atoms with van der Waals surface area (Å²) in [6.45, 7) is 37.8. The summed E-state index contributed by atoms with van der Waals surface area (Å²) in [7, 11) is -0.443. The molecule has 0 saturated heterocycles. The Morgan fingerprint density at radius 3 is 1.06 bits per heavy atom. The van der Waals surface area contributed by atoms with E-state index in [1.807, 2.05) is 0 Å². The first-order chi connectivity index (χ1) is 57.0. The number of carbonyl (C=O) groups excluding carboxylic acids is 1. The van der Waals surface area contributed by atoms with Crippen LogP contribution in [0.2, 0.25) is 0 Å². The predicted molar refractivity (Wildman–Crippen MR) is 450 cm³/mol. The molecule has 0 bridgehead atoms. The Morgan fingerprint density at radius 2 is 0.724 bits per heavy atom. The van der Waals surface area contributed by atoms with Crippen molar-refractivity contribution in [3.8, 4) is 0 Å². The zero-order valence-electron chi connectivity index (χ0n) is 72.3. The molecule has 8 unspecified atom stereocenters. The minimum atomic E-state index is -1.47. The lowest BCUT2D eigenvalue weighted by Crippen LogP contribution is -2.56. The predicted octanol–water partition coefficient (Wildman–Crippen LogP) is 10.8. The van der Waals surface area contributed by atoms with Crippen molar-refractivity contribution < 1.29 is 133 Å². The Kier molecular flexibility index (Phi) is 71.1. The number of hydrogen-bond donors (Lipinski definition) is 3. The lowest BCUT2D eigenvalue weighted by Gasteiger charge is -2.63. The van der Waals surface area contributed by atoms with Gasteiger partial charge in [0.25, 0.3) is 0 Å². The molecule has 32 heteroatoms. The van der Waals surface area contributed by atoms with Gasteiger partial charge in [0, 0.05) is 13.0 Å². The minimum absolute atomic E-state index is 0.0226. The van der Waals surface area contributed by atoms with Crippen molar-refractivity contribution >= 4 is 35.6 Å². The molecule has 0 aromatic rings. The third-order valence-electron chi connectivity index (χ3n) is 21.7. The van der Waals surface area contributed by atoms with Crippen LogP contribution in [-0.2, 0) is 128 Å². The first kappa shape index (κ1) is 108. The third kappa shape index (κ3) is 55.6. The highest BCUT2D eigenvalue weighted by Gasteiger charge is 2.63. The van der Waals surface area contributed by atoms with Gasteiger partial charge in [0.2, 0.25) is 13.5 Å². The van der Waals surface area contributed by atoms with Gasteiger partial charge in [0.05, 0.1) is 336 Å². The molecule has 0 aromatic carbocycles. The van der Waals surface area contributed by atoms with Crippen LogP contribution in [0, 0.1) is 39.9 Å². The fraction of sp³-hybridized carbons (Fsp3) is 0.964. The van der Waals surface area contributed by atoms with Crippen molar-refractivity contribution in [2.24, 2.45) is 39.9 Å². The van der Waals surface area contributed by atoms with Gasteiger partial charge in [-0.15, -0.1) is 11.7 Å². The first-order valence-electron chi connectivity index (χ1n) is 43.9. The van der Waals surface area contributed by atoms with Crippen molar-refractivity contribution in [1.82, 2.24) is 5.32 Å². The molecular weight excluding hydrogens is 1570 g/mol. The van der Waals surface area contributed by atoms with E-state index in [1.165, 1.54) is 64.2 Å². The Bertz CT molecular complexity index is 2210. The van der Waals surface area contributed by atoms with Crippen LogP contribution in [0.15, 0.2) is 11.6 Å². The lowest BCUT2D eigenvalue weighted by atomic mass is 9.41. The Hall–Kier alpha value is -0.740. The van der Waals surface area contributed by atoms with Crippen LogP contribution in [0.5, 0.6) is 0 Å². The zero-order chi connectivity index (χ0) is 82.7. The van der Waals surface area contributed by atoms with Gasteiger partial charge in [-0.2, -0.15) is 0 Å². The second-order valence-corrected chi connectivity index (χ2v) is 34.4. The van der Waals surface area contributed by atoms with E-state index in [0.29, 0.717) is 366 Å². The SMILES string of the molecule is CC(C)CCCCC1CCC2C1(C)CCC1C3(C)CCC(OCCOCCOCCOCCOCCOCCOCCOCCOCCOCCOCCOCCOCCOCCOCCOCCOCCOCCOCCOCCOCCOCCOCCOCCOCCC(=O)NCCCCCCOP(O)SS)CC3=CCC12C. The van der Waals surface area contributed by atoms with Gasteiger partial charge in [-0.1, -0.05) is 78.4 Å². The summed E-state index contributed by atoms with van der Waals surface area (Å²) < 4.78 is 145. The number of thiol groups is 1. The Balaban J connectivity index is 0.709. The molecular formula is C84H160NO28PS2. The van der Waals surface area contributed by atoms with Gasteiger partial charge in [-0.05, 0) is 121 Å². The van der Waals surface area contributed by atoms with Crippen molar-refractivity contribution in [3.63, 3.8) is 0 Å². The molecule has 0 spiro atoms. The summed E-state index contributed by atoms with van der Waals surface area (Å²) in [5, 5.41) is 2.90. The van der Waals surface area contributed by atoms with Crippen LogP contribution >= 0.6 is 29.7 Å². The number of fused-ring (bicyclic) bond motifs is 5. The molecule has 2 N–H and O–H groups in total. The third-order valence-corrected chi connectivity index (χ3v) is 24.2. The molecule has 3 saturated carbocycles. The smallest absolute Gasteiger partial charge is 0.246 e. The molecule has 116 heavy (non-hydrogen) atoms. The van der Waals surface area contributed by atoms with Gasteiger partial charge < -0.3 is 133 Å². The van der Waals surface area contributed by atoms with Crippen molar-refractivity contribution in [1.29, 1.82) is 0 Å². The fourth-order valence-electron chi connectivity index (χ4n) is 15.6. The van der Waals surface area contributed by atoms with E-state index in [9.17, 15) is 9.69 Å². The van der Waals surface area contributed by atoms with Gasteiger partial charge in [0.1, 0.15) is 0 Å². The molecule has 29 nitrogen and oxygen atoms in total. The standard InChI is InChI=1S/C84H160NO28PS2/c1-75(2)12-8-9-13-76-14-15-79-82(76,3)22-18-80-83(4)21-17-78(74-77(83)16-20-84(79,80)5)112-73-72-111-71-70-110-69-68-109-67-66-108-65-64-107-63-62-106-61-60-105-59-58-104-57-56-103-55-54-102-53-52-101-51-50-100-49-48-99-47-46-98-45-44-97-43-42-96-41-40-95-39-38-94-37-36-93-35-34-92-33-32-91-31-30-90-29-28-89-27-26-88-25-19-81(86)85-23-10-6-7-11-24-113-114(87)116-115/h16,75-76,78-80,87,115H,6-15,17-74H2,1-5H3,(H,85,86). The summed E-state index contributed by atoms with van der Waals surface area (Å²) in [6.07, 6.45) is 23.2. The summed E-state index contributed by atoms with van der Waals surface area (Å²) in [5.74, 6) is 3.40. The zero-order valence-corrected chi connectivity index (χ0v) is 74.9. The van der Waals surface area contributed by atoms with Crippen LogP contribution in [0.3, 0.4) is 0 Å². The molecule has 0 heterocycles. The summed E-state index contributed by atoms with van der Waals surface area (Å²) in [5.41, 5.74) is 2.99. The highest BCUT2D eigenvalue weighted by atomic mass is 33.3. The number of rotatable bonds is 90. The number of carbonyl (C=O) groups is 1. The van der Waals surface area contributed by atoms with E-state index < -0.39 is 7.58 Å². The maximum absolute atomic E-state index is 11.9. The van der Waals surface area contributed by atoms with Crippen LogP contribution in [0.25, 0.3) is 0 Å². The highest BCUT2D eigenvalue weighted by Crippen LogP contribution is 2.71. The maximum atomic E-state index is 11.9. The number of hydrogen-bond acceptors (Lipinski definition) is 30. The molecule has 0 radical (unpaired) electrons. The van der Waals surface area contributed by atoms with E-state index in [4.69, 9.17) is 123 Å². The van der Waals surface area contributed by atoms with Gasteiger partial charge in [-0.3, -0.25) is 4.79 Å². The Morgan fingerprint density at radius 1 is 0.397 bits per heavy atom. The number of nitrogens with one attached hydrogen (secondary N) is 1. The molecule has 4 aliphatic rings. The average molecular weight is 1730 g/mol. The van der Waals surface area contributed by atoms with Gasteiger partial charge >= 0.3 is 0 Å². The summed E-state index contributed by atoms with van der Waals surface area (Å²) >= 11 is 3.91. The number of allylic oxidation sites excluding steroid dienone is 1. The summed E-state index contributed by atoms with van der Waals surface area (Å²) in [4.78, 5) is 21.2. The molecule has 3 fully saturated rings. The van der Waals surface area contributed by atoms with E-state index in [2.05, 4.69) is 57.7 Å².